The van der Waals surface area contributed by atoms with E-state index in [-0.39, 0.29) is 35.4 Å². The van der Waals surface area contributed by atoms with Gasteiger partial charge in [0.15, 0.2) is 11.6 Å². The average molecular weight is 512 g/mol. The van der Waals surface area contributed by atoms with Crippen LogP contribution in [0.5, 0.6) is 0 Å². The molecule has 0 aromatic carbocycles. The van der Waals surface area contributed by atoms with E-state index in [9.17, 15) is 14.8 Å². The van der Waals surface area contributed by atoms with Crippen LogP contribution < -0.4 is 15.8 Å². The summed E-state index contributed by atoms with van der Waals surface area (Å²) in [7, 11) is 2.11. The highest BCUT2D eigenvalue weighted by Gasteiger charge is 2.51. The maximum absolute atomic E-state index is 15.4. The van der Waals surface area contributed by atoms with Crippen molar-refractivity contribution < 1.29 is 19.2 Å². The summed E-state index contributed by atoms with van der Waals surface area (Å²) in [6.45, 7) is 6.50. The van der Waals surface area contributed by atoms with E-state index in [1.54, 1.807) is 0 Å². The van der Waals surface area contributed by atoms with Crippen molar-refractivity contribution in [3.05, 3.63) is 11.1 Å². The number of fused-ring (bicyclic) bond motifs is 1. The van der Waals surface area contributed by atoms with E-state index in [2.05, 4.69) is 46.6 Å². The van der Waals surface area contributed by atoms with Gasteiger partial charge in [0.05, 0.1) is 12.5 Å². The SMILES string of the molecule is CN1CC2CN(c3nc(Cl)nc(NNC(=O)[C@H](CC4CCCC4)CN(O)C=O)c3F)CC2C1(C)C. The van der Waals surface area contributed by atoms with Crippen LogP contribution in [0, 0.1) is 29.5 Å². The van der Waals surface area contributed by atoms with E-state index in [1.165, 1.54) is 0 Å². The number of likely N-dealkylation sites (tertiary alicyclic amines) is 1. The van der Waals surface area contributed by atoms with Gasteiger partial charge in [-0.05, 0) is 50.8 Å². The van der Waals surface area contributed by atoms with Crippen LogP contribution in [-0.2, 0) is 9.59 Å². The summed E-state index contributed by atoms with van der Waals surface area (Å²) >= 11 is 6.12. The Morgan fingerprint density at radius 1 is 1.31 bits per heavy atom. The van der Waals surface area contributed by atoms with Crippen molar-refractivity contribution in [1.29, 1.82) is 0 Å². The Morgan fingerprint density at radius 2 is 2.03 bits per heavy atom. The molecule has 3 atom stereocenters. The second-order valence-electron chi connectivity index (χ2n) is 10.7. The highest BCUT2D eigenvalue weighted by atomic mass is 35.5. The van der Waals surface area contributed by atoms with Gasteiger partial charge in [-0.2, -0.15) is 14.4 Å². The molecular formula is C23H35ClFN7O3. The molecule has 0 spiro atoms. The maximum atomic E-state index is 15.4. The molecule has 12 heteroatoms. The van der Waals surface area contributed by atoms with Crippen molar-refractivity contribution in [2.24, 2.45) is 23.7 Å². The summed E-state index contributed by atoms with van der Waals surface area (Å²) in [5, 5.41) is 9.99. The molecule has 1 aromatic rings. The van der Waals surface area contributed by atoms with Crippen LogP contribution in [0.25, 0.3) is 0 Å². The first-order chi connectivity index (χ1) is 16.6. The number of halogens is 2. The summed E-state index contributed by atoms with van der Waals surface area (Å²) in [6.07, 6.45) is 5.02. The molecule has 3 N–H and O–H groups in total. The first-order valence-electron chi connectivity index (χ1n) is 12.3. The summed E-state index contributed by atoms with van der Waals surface area (Å²) < 4.78 is 15.4. The smallest absolute Gasteiger partial charge is 0.243 e. The predicted molar refractivity (Wildman–Crippen MR) is 129 cm³/mol. The highest BCUT2D eigenvalue weighted by Crippen LogP contribution is 2.44. The minimum Gasteiger partial charge on any atom is -0.353 e. The lowest BCUT2D eigenvalue weighted by Crippen LogP contribution is -2.43. The second-order valence-corrected chi connectivity index (χ2v) is 11.0. The van der Waals surface area contributed by atoms with Gasteiger partial charge in [-0.15, -0.1) is 0 Å². The number of hydrazine groups is 1. The van der Waals surface area contributed by atoms with Gasteiger partial charge in [-0.25, -0.2) is 5.06 Å². The number of hydrogen-bond acceptors (Lipinski definition) is 8. The Kier molecular flexibility index (Phi) is 7.68. The van der Waals surface area contributed by atoms with Crippen LogP contribution in [-0.4, -0.2) is 76.2 Å². The lowest BCUT2D eigenvalue weighted by molar-refractivity contribution is -0.154. The molecule has 2 amide bonds. The van der Waals surface area contributed by atoms with Gasteiger partial charge in [0.25, 0.3) is 0 Å². The summed E-state index contributed by atoms with van der Waals surface area (Å²) in [5.41, 5.74) is 5.04. The number of nitrogens with zero attached hydrogens (tertiary/aromatic N) is 5. The monoisotopic (exact) mass is 511 g/mol. The van der Waals surface area contributed by atoms with E-state index in [0.717, 1.165) is 32.2 Å². The van der Waals surface area contributed by atoms with Crippen LogP contribution in [0.15, 0.2) is 0 Å². The number of rotatable bonds is 9. The molecule has 0 bridgehead atoms. The molecule has 10 nitrogen and oxygen atoms in total. The largest absolute Gasteiger partial charge is 0.353 e. The molecule has 35 heavy (non-hydrogen) atoms. The lowest BCUT2D eigenvalue weighted by Gasteiger charge is -2.34. The van der Waals surface area contributed by atoms with Crippen LogP contribution in [0.1, 0.15) is 46.0 Å². The minimum atomic E-state index is -0.690. The zero-order valence-corrected chi connectivity index (χ0v) is 21.3. The van der Waals surface area contributed by atoms with Crippen molar-refractivity contribution in [2.75, 3.05) is 43.6 Å². The van der Waals surface area contributed by atoms with Gasteiger partial charge in [-0.3, -0.25) is 25.6 Å². The average Bonchev–Trinajstić information content (AvgIpc) is 3.52. The van der Waals surface area contributed by atoms with Gasteiger partial charge in [0, 0.05) is 31.1 Å². The number of amides is 2. The molecule has 3 heterocycles. The molecule has 1 saturated carbocycles. The van der Waals surface area contributed by atoms with Crippen LogP contribution >= 0.6 is 11.6 Å². The number of carbonyl (C=O) groups excluding carboxylic acids is 2. The third-order valence-electron chi connectivity index (χ3n) is 8.24. The Hall–Kier alpha value is -2.24. The van der Waals surface area contributed by atoms with Gasteiger partial charge < -0.3 is 9.80 Å². The third kappa shape index (κ3) is 5.46. The summed E-state index contributed by atoms with van der Waals surface area (Å²) in [6, 6.07) is 0. The molecule has 3 fully saturated rings. The van der Waals surface area contributed by atoms with Crippen LogP contribution in [0.4, 0.5) is 16.0 Å². The number of anilines is 2. The predicted octanol–water partition coefficient (Wildman–Crippen LogP) is 2.53. The van der Waals surface area contributed by atoms with Gasteiger partial charge in [0.1, 0.15) is 0 Å². The third-order valence-corrected chi connectivity index (χ3v) is 8.41. The van der Waals surface area contributed by atoms with E-state index in [0.29, 0.717) is 42.3 Å². The summed E-state index contributed by atoms with van der Waals surface area (Å²) in [4.78, 5) is 36.1. The number of hydrogen-bond donors (Lipinski definition) is 3. The molecule has 2 unspecified atom stereocenters. The minimum absolute atomic E-state index is 0.00178. The molecule has 2 saturated heterocycles. The molecular weight excluding hydrogens is 477 g/mol. The Labute approximate surface area is 210 Å². The number of aromatic nitrogens is 2. The fraction of sp³-hybridized carbons (Fsp3) is 0.739. The lowest BCUT2D eigenvalue weighted by atomic mass is 9.85. The molecule has 0 radical (unpaired) electrons. The quantitative estimate of drug-likeness (QED) is 0.200. The fourth-order valence-corrected chi connectivity index (χ4v) is 6.17. The molecule has 1 aliphatic carbocycles. The summed E-state index contributed by atoms with van der Waals surface area (Å²) in [5.74, 6) is -0.809. The first kappa shape index (κ1) is 25.8. The van der Waals surface area contributed by atoms with Crippen molar-refractivity contribution in [2.45, 2.75) is 51.5 Å². The Balaban J connectivity index is 1.44. The van der Waals surface area contributed by atoms with Crippen LogP contribution in [0.3, 0.4) is 0 Å². The molecule has 2 aliphatic heterocycles. The topological polar surface area (TPSA) is 114 Å². The van der Waals surface area contributed by atoms with Crippen molar-refractivity contribution in [3.8, 4) is 0 Å². The molecule has 194 valence electrons. The van der Waals surface area contributed by atoms with E-state index >= 15 is 4.39 Å². The van der Waals surface area contributed by atoms with Gasteiger partial charge in [-0.1, -0.05) is 25.7 Å². The normalized spacial score (nSPS) is 24.9. The number of carbonyl (C=O) groups is 2. The van der Waals surface area contributed by atoms with Crippen LogP contribution in [0.2, 0.25) is 5.28 Å². The van der Waals surface area contributed by atoms with Gasteiger partial charge >= 0.3 is 0 Å². The van der Waals surface area contributed by atoms with E-state index < -0.39 is 17.6 Å². The van der Waals surface area contributed by atoms with Crippen molar-refractivity contribution in [3.63, 3.8) is 0 Å². The number of hydroxylamine groups is 2. The zero-order valence-electron chi connectivity index (χ0n) is 20.5. The highest BCUT2D eigenvalue weighted by molar-refractivity contribution is 6.28. The molecule has 1 aromatic heterocycles. The van der Waals surface area contributed by atoms with Gasteiger partial charge in [0.2, 0.25) is 23.4 Å². The zero-order chi connectivity index (χ0) is 25.3. The maximum Gasteiger partial charge on any atom is 0.243 e. The Bertz CT molecular complexity index is 946. The number of nitrogens with one attached hydrogen (secondary N) is 2. The van der Waals surface area contributed by atoms with Crippen molar-refractivity contribution in [1.82, 2.24) is 25.4 Å². The van der Waals surface area contributed by atoms with E-state index in [4.69, 9.17) is 11.6 Å². The van der Waals surface area contributed by atoms with E-state index in [1.807, 2.05) is 4.90 Å². The molecule has 4 rings (SSSR count). The fourth-order valence-electron chi connectivity index (χ4n) is 6.01. The Morgan fingerprint density at radius 3 is 2.69 bits per heavy atom. The standard InChI is InChI=1S/C23H35ClFN7O3/c1-23(2)17-12-31(10-16(17)9-30(23)3)20-18(25)19(26-22(24)27-20)28-29-21(34)15(11-32(35)13-33)8-14-6-4-5-7-14/h13-17,35H,4-12H2,1-3H3,(H,29,34)(H,26,27,28)/t15-,16?,17?/m1/s1. The molecule has 3 aliphatic rings. The first-order valence-corrected chi connectivity index (χ1v) is 12.6. The second kappa shape index (κ2) is 10.4. The van der Waals surface area contributed by atoms with Crippen molar-refractivity contribution >= 4 is 35.6 Å².